The van der Waals surface area contributed by atoms with Gasteiger partial charge >= 0.3 is 0 Å². The molecular formula is C16H22N4O4. The molecule has 8 heteroatoms. The first-order valence-corrected chi connectivity index (χ1v) is 7.08. The average Bonchev–Trinajstić information content (AvgIpc) is 2.52. The topological polar surface area (TPSA) is 161 Å². The number of carboxylic acid groups (broad SMARTS) is 2. The third-order valence-corrected chi connectivity index (χ3v) is 2.52. The lowest BCUT2D eigenvalue weighted by molar-refractivity contribution is -0.361. The molecule has 0 aliphatic rings. The molecule has 0 radical (unpaired) electrons. The summed E-state index contributed by atoms with van der Waals surface area (Å²) in [6, 6.07) is 7.61. The minimum Gasteiger partial charge on any atom is -0.550 e. The maximum atomic E-state index is 9.50. The number of nitrogens with one attached hydrogen (secondary N) is 2. The first-order valence-electron chi connectivity index (χ1n) is 7.08. The fourth-order valence-corrected chi connectivity index (χ4v) is 1.23. The molecule has 2 aromatic heterocycles. The molecule has 0 unspecified atom stereocenters. The zero-order valence-corrected chi connectivity index (χ0v) is 13.7. The van der Waals surface area contributed by atoms with Gasteiger partial charge in [0, 0.05) is 24.1 Å². The van der Waals surface area contributed by atoms with Crippen LogP contribution in [0.2, 0.25) is 0 Å². The number of nitrogens with two attached hydrogens (primary N) is 2. The molecule has 2 heterocycles. The molecule has 2 aromatic rings. The van der Waals surface area contributed by atoms with Crippen molar-refractivity contribution in [3.8, 4) is 0 Å². The van der Waals surface area contributed by atoms with Gasteiger partial charge in [-0.3, -0.25) is 11.5 Å². The van der Waals surface area contributed by atoms with Crippen LogP contribution in [0.25, 0.3) is 0 Å². The number of aliphatic carboxylic acids is 2. The molecule has 0 spiro atoms. The standard InChI is InChI=1S/2C6H8N2.C4H6O4/c2*1-5-2-3-6(7)8-4-5;5-3(6)1-2-4(7)8/h2*2-4H,1H3,(H2,7,8);1-2H2,(H,5,6)(H,7,8). The van der Waals surface area contributed by atoms with Gasteiger partial charge in [0.25, 0.3) is 11.6 Å². The summed E-state index contributed by atoms with van der Waals surface area (Å²) in [6.07, 6.45) is 2.80. The molecule has 0 atom stereocenters. The lowest BCUT2D eigenvalue weighted by Crippen LogP contribution is -2.27. The number of aromatic nitrogens is 2. The predicted molar refractivity (Wildman–Crippen MR) is 83.5 cm³/mol. The molecule has 130 valence electrons. The van der Waals surface area contributed by atoms with Crippen molar-refractivity contribution in [1.82, 2.24) is 0 Å². The van der Waals surface area contributed by atoms with E-state index in [1.807, 2.05) is 50.5 Å². The number of carboxylic acids is 2. The number of anilines is 2. The highest BCUT2D eigenvalue weighted by Gasteiger charge is 1.88. The van der Waals surface area contributed by atoms with Gasteiger partial charge in [-0.2, -0.15) is 0 Å². The SMILES string of the molecule is Cc1ccc(N)[nH+]c1.Cc1ccc(N)[nH+]c1.O=C([O-])CCC(=O)[O-]. The third-order valence-electron chi connectivity index (χ3n) is 2.52. The Hall–Kier alpha value is -3.16. The van der Waals surface area contributed by atoms with Crippen LogP contribution in [0.3, 0.4) is 0 Å². The van der Waals surface area contributed by atoms with Crippen molar-refractivity contribution < 1.29 is 29.8 Å². The first-order chi connectivity index (χ1) is 11.2. The third kappa shape index (κ3) is 12.6. The highest BCUT2D eigenvalue weighted by molar-refractivity contribution is 5.72. The van der Waals surface area contributed by atoms with Gasteiger partial charge in [-0.25, -0.2) is 9.97 Å². The Kier molecular flexibility index (Phi) is 9.91. The number of pyridine rings is 2. The van der Waals surface area contributed by atoms with Crippen LogP contribution in [-0.2, 0) is 9.59 Å². The van der Waals surface area contributed by atoms with Gasteiger partial charge in [0.2, 0.25) is 0 Å². The molecule has 24 heavy (non-hydrogen) atoms. The van der Waals surface area contributed by atoms with Gasteiger partial charge in [0.15, 0.2) is 0 Å². The molecule has 2 rings (SSSR count). The van der Waals surface area contributed by atoms with E-state index in [0.29, 0.717) is 11.6 Å². The van der Waals surface area contributed by atoms with E-state index in [0.717, 1.165) is 0 Å². The number of H-pyrrole nitrogens is 2. The predicted octanol–water partition coefficient (Wildman–Crippen LogP) is -1.95. The Labute approximate surface area is 140 Å². The molecule has 0 fully saturated rings. The second-order valence-electron chi connectivity index (χ2n) is 4.89. The molecular weight excluding hydrogens is 312 g/mol. The van der Waals surface area contributed by atoms with Crippen molar-refractivity contribution in [2.75, 3.05) is 11.5 Å². The van der Waals surface area contributed by atoms with Crippen LogP contribution in [0.15, 0.2) is 36.7 Å². The van der Waals surface area contributed by atoms with Crippen LogP contribution in [0.4, 0.5) is 11.6 Å². The number of carbonyl (C=O) groups is 2. The van der Waals surface area contributed by atoms with E-state index in [9.17, 15) is 19.8 Å². The smallest absolute Gasteiger partial charge is 0.270 e. The van der Waals surface area contributed by atoms with Gasteiger partial charge in [0.1, 0.15) is 0 Å². The largest absolute Gasteiger partial charge is 0.550 e. The molecule has 0 aromatic carbocycles. The average molecular weight is 334 g/mol. The molecule has 0 bridgehead atoms. The maximum Gasteiger partial charge on any atom is 0.270 e. The van der Waals surface area contributed by atoms with Crippen molar-refractivity contribution in [1.29, 1.82) is 0 Å². The summed E-state index contributed by atoms with van der Waals surface area (Å²) in [5.41, 5.74) is 13.1. The zero-order valence-electron chi connectivity index (χ0n) is 13.7. The minimum absolute atomic E-state index is 0.470. The summed E-state index contributed by atoms with van der Waals surface area (Å²) in [5.74, 6) is -1.32. The van der Waals surface area contributed by atoms with Gasteiger partial charge < -0.3 is 19.8 Å². The minimum atomic E-state index is -1.37. The Balaban J connectivity index is 0.000000331. The van der Waals surface area contributed by atoms with E-state index in [1.165, 1.54) is 11.1 Å². The van der Waals surface area contributed by atoms with Crippen LogP contribution >= 0.6 is 0 Å². The lowest BCUT2D eigenvalue weighted by atomic mass is 10.3. The molecule has 0 saturated heterocycles. The second-order valence-corrected chi connectivity index (χ2v) is 4.89. The van der Waals surface area contributed by atoms with Crippen molar-refractivity contribution in [2.24, 2.45) is 0 Å². The second kappa shape index (κ2) is 11.4. The van der Waals surface area contributed by atoms with Crippen LogP contribution in [-0.4, -0.2) is 11.9 Å². The summed E-state index contributed by atoms with van der Waals surface area (Å²) in [4.78, 5) is 24.8. The number of hydrogen-bond acceptors (Lipinski definition) is 6. The fourth-order valence-electron chi connectivity index (χ4n) is 1.23. The highest BCUT2D eigenvalue weighted by atomic mass is 16.4. The van der Waals surface area contributed by atoms with E-state index in [1.54, 1.807) is 0 Å². The van der Waals surface area contributed by atoms with Gasteiger partial charge in [-0.1, -0.05) is 0 Å². The quantitative estimate of drug-likeness (QED) is 0.663. The number of carbonyl (C=O) groups excluding carboxylic acids is 2. The van der Waals surface area contributed by atoms with E-state index in [4.69, 9.17) is 11.5 Å². The summed E-state index contributed by atoms with van der Waals surface area (Å²) in [6.45, 7) is 4.02. The highest BCUT2D eigenvalue weighted by Crippen LogP contribution is 1.93. The van der Waals surface area contributed by atoms with Crippen molar-refractivity contribution >= 4 is 23.6 Å². The van der Waals surface area contributed by atoms with Crippen molar-refractivity contribution in [3.05, 3.63) is 47.8 Å². The first kappa shape index (κ1) is 20.8. The maximum absolute atomic E-state index is 9.50. The molecule has 0 aliphatic carbocycles. The molecule has 0 aliphatic heterocycles. The van der Waals surface area contributed by atoms with E-state index in [2.05, 4.69) is 9.97 Å². The zero-order chi connectivity index (χ0) is 18.5. The Bertz CT molecular complexity index is 528. The van der Waals surface area contributed by atoms with Gasteiger partial charge in [-0.05, 0) is 49.9 Å². The van der Waals surface area contributed by atoms with Crippen molar-refractivity contribution in [2.45, 2.75) is 26.7 Å². The summed E-state index contributed by atoms with van der Waals surface area (Å²) >= 11 is 0. The molecule has 8 nitrogen and oxygen atoms in total. The van der Waals surface area contributed by atoms with Crippen LogP contribution in [0, 0.1) is 13.8 Å². The van der Waals surface area contributed by atoms with E-state index < -0.39 is 24.8 Å². The molecule has 0 amide bonds. The number of hydrogen-bond donors (Lipinski definition) is 2. The number of nitrogen functional groups attached to an aromatic ring is 2. The van der Waals surface area contributed by atoms with E-state index in [-0.39, 0.29) is 0 Å². The summed E-state index contributed by atoms with van der Waals surface area (Å²) < 4.78 is 0. The Morgan fingerprint density at radius 1 is 0.833 bits per heavy atom. The molecule has 6 N–H and O–H groups in total. The summed E-state index contributed by atoms with van der Waals surface area (Å²) in [5, 5.41) is 19.0. The normalized spacial score (nSPS) is 8.92. The van der Waals surface area contributed by atoms with E-state index >= 15 is 0 Å². The number of aromatic amines is 2. The van der Waals surface area contributed by atoms with Gasteiger partial charge in [0.05, 0.1) is 12.4 Å². The van der Waals surface area contributed by atoms with Crippen LogP contribution < -0.4 is 31.6 Å². The van der Waals surface area contributed by atoms with Gasteiger partial charge in [-0.15, -0.1) is 0 Å². The number of rotatable bonds is 3. The fraction of sp³-hybridized carbons (Fsp3) is 0.250. The molecule has 0 saturated carbocycles. The Morgan fingerprint density at radius 3 is 1.33 bits per heavy atom. The lowest BCUT2D eigenvalue weighted by Gasteiger charge is -2.00. The van der Waals surface area contributed by atoms with Crippen LogP contribution in [0.5, 0.6) is 0 Å². The Morgan fingerprint density at radius 2 is 1.17 bits per heavy atom. The van der Waals surface area contributed by atoms with Crippen molar-refractivity contribution in [3.63, 3.8) is 0 Å². The summed E-state index contributed by atoms with van der Waals surface area (Å²) in [7, 11) is 0. The number of aryl methyl sites for hydroxylation is 2. The monoisotopic (exact) mass is 334 g/mol. The van der Waals surface area contributed by atoms with Crippen LogP contribution in [0.1, 0.15) is 24.0 Å².